The Balaban J connectivity index is 2.11. The molecule has 1 aliphatic heterocycles. The Morgan fingerprint density at radius 2 is 2.11 bits per heavy atom. The van der Waals surface area contributed by atoms with Crippen LogP contribution in [0.15, 0.2) is 0 Å². The second-order valence-corrected chi connectivity index (χ2v) is 6.10. The van der Waals surface area contributed by atoms with Crippen molar-refractivity contribution in [2.45, 2.75) is 32.0 Å². The Labute approximate surface area is 114 Å². The molecule has 0 aromatic heterocycles. The summed E-state index contributed by atoms with van der Waals surface area (Å²) < 4.78 is 16.4. The van der Waals surface area contributed by atoms with Crippen LogP contribution < -0.4 is 10.6 Å². The molecule has 0 saturated carbocycles. The van der Waals surface area contributed by atoms with E-state index in [0.717, 1.165) is 0 Å². The predicted molar refractivity (Wildman–Crippen MR) is 70.5 cm³/mol. The lowest BCUT2D eigenvalue weighted by molar-refractivity contribution is -0.149. The zero-order valence-electron chi connectivity index (χ0n) is 10.9. The molecule has 1 heterocycles. The summed E-state index contributed by atoms with van der Waals surface area (Å²) in [4.78, 5) is 22.1. The lowest BCUT2D eigenvalue weighted by atomic mass is 10.2. The number of nitrogens with one attached hydrogen (secondary N) is 2. The van der Waals surface area contributed by atoms with Crippen LogP contribution in [0.2, 0.25) is 0 Å². The Bertz CT molecular complexity index is 350. The molecule has 0 aromatic carbocycles. The minimum Gasteiger partial charge on any atom is -0.479 e. The summed E-state index contributed by atoms with van der Waals surface area (Å²) in [7, 11) is -0.892. The van der Waals surface area contributed by atoms with Gasteiger partial charge in [0.2, 0.25) is 0 Å². The Morgan fingerprint density at radius 3 is 2.68 bits per heavy atom. The van der Waals surface area contributed by atoms with Crippen LogP contribution in [0, 0.1) is 0 Å². The molecule has 3 N–H and O–H groups in total. The zero-order chi connectivity index (χ0) is 14.3. The number of hydrogen-bond donors (Lipinski definition) is 3. The molecule has 19 heavy (non-hydrogen) atoms. The summed E-state index contributed by atoms with van der Waals surface area (Å²) in [6.45, 7) is 2.47. The fourth-order valence-corrected chi connectivity index (χ4v) is 2.35. The third kappa shape index (κ3) is 6.02. The maximum atomic E-state index is 11.4. The Hall–Kier alpha value is -1.15. The van der Waals surface area contributed by atoms with Gasteiger partial charge in [-0.15, -0.1) is 0 Å². The van der Waals surface area contributed by atoms with Crippen molar-refractivity contribution in [3.63, 3.8) is 0 Å². The fourth-order valence-electron chi connectivity index (χ4n) is 1.73. The number of amides is 2. The second-order valence-electron chi connectivity index (χ2n) is 4.23. The number of carbonyl (C=O) groups is 2. The molecule has 0 spiro atoms. The van der Waals surface area contributed by atoms with Crippen molar-refractivity contribution in [2.24, 2.45) is 0 Å². The molecule has 7 nitrogen and oxygen atoms in total. The highest BCUT2D eigenvalue weighted by Crippen LogP contribution is 2.18. The van der Waals surface area contributed by atoms with E-state index in [9.17, 15) is 13.8 Å². The molecule has 1 fully saturated rings. The highest BCUT2D eigenvalue weighted by atomic mass is 32.2. The van der Waals surface area contributed by atoms with Crippen molar-refractivity contribution in [2.75, 3.05) is 24.6 Å². The smallest absolute Gasteiger partial charge is 0.332 e. The molecule has 1 rings (SSSR count). The summed E-state index contributed by atoms with van der Waals surface area (Å²) in [5, 5.41) is 13.9. The molecule has 2 amide bonds. The number of urea groups is 1. The lowest BCUT2D eigenvalue weighted by Crippen LogP contribution is -2.41. The number of aliphatic carboxylic acids is 1. The molecule has 1 saturated heterocycles. The summed E-state index contributed by atoms with van der Waals surface area (Å²) in [5.41, 5.74) is 0. The van der Waals surface area contributed by atoms with Crippen LogP contribution >= 0.6 is 0 Å². The van der Waals surface area contributed by atoms with Crippen molar-refractivity contribution in [3.05, 3.63) is 0 Å². The van der Waals surface area contributed by atoms with Crippen LogP contribution in [-0.2, 0) is 20.3 Å². The van der Waals surface area contributed by atoms with Crippen LogP contribution in [0.25, 0.3) is 0 Å². The van der Waals surface area contributed by atoms with Crippen molar-refractivity contribution >= 4 is 22.8 Å². The first kappa shape index (κ1) is 15.9. The summed E-state index contributed by atoms with van der Waals surface area (Å²) in [6, 6.07) is -0.351. The van der Waals surface area contributed by atoms with Crippen LogP contribution in [0.4, 0.5) is 4.79 Å². The maximum absolute atomic E-state index is 11.4. The molecule has 0 aliphatic carbocycles. The van der Waals surface area contributed by atoms with Gasteiger partial charge in [0.1, 0.15) is 0 Å². The third-order valence-electron chi connectivity index (χ3n) is 2.81. The summed E-state index contributed by atoms with van der Waals surface area (Å²) in [5.74, 6) is 0.0507. The first-order valence-corrected chi connectivity index (χ1v) is 7.76. The number of hydrogen-bond acceptors (Lipinski definition) is 4. The number of ether oxygens (including phenoxy) is 1. The van der Waals surface area contributed by atoms with Crippen molar-refractivity contribution in [1.29, 1.82) is 0 Å². The van der Waals surface area contributed by atoms with E-state index in [2.05, 4.69) is 10.6 Å². The van der Waals surface area contributed by atoms with Gasteiger partial charge < -0.3 is 20.5 Å². The molecule has 0 radical (unpaired) electrons. The van der Waals surface area contributed by atoms with Crippen LogP contribution in [-0.4, -0.2) is 58.1 Å². The SMILES string of the molecule is CCS(=O)CCNC(=O)NCC1CCC(C(=O)O)O1. The van der Waals surface area contributed by atoms with E-state index in [1.807, 2.05) is 6.92 Å². The van der Waals surface area contributed by atoms with E-state index in [1.165, 1.54) is 0 Å². The van der Waals surface area contributed by atoms with Crippen LogP contribution in [0.1, 0.15) is 19.8 Å². The van der Waals surface area contributed by atoms with Crippen molar-refractivity contribution in [3.8, 4) is 0 Å². The van der Waals surface area contributed by atoms with E-state index in [4.69, 9.17) is 9.84 Å². The molecular weight excluding hydrogens is 272 g/mol. The van der Waals surface area contributed by atoms with E-state index in [-0.39, 0.29) is 18.7 Å². The van der Waals surface area contributed by atoms with Crippen molar-refractivity contribution in [1.82, 2.24) is 10.6 Å². The van der Waals surface area contributed by atoms with E-state index >= 15 is 0 Å². The maximum Gasteiger partial charge on any atom is 0.332 e. The minimum atomic E-state index is -0.964. The Kier molecular flexibility index (Phi) is 6.79. The first-order chi connectivity index (χ1) is 9.02. The summed E-state index contributed by atoms with van der Waals surface area (Å²) >= 11 is 0. The fraction of sp³-hybridized carbons (Fsp3) is 0.818. The third-order valence-corrected chi connectivity index (χ3v) is 4.11. The van der Waals surface area contributed by atoms with Gasteiger partial charge in [-0.1, -0.05) is 6.92 Å². The highest BCUT2D eigenvalue weighted by molar-refractivity contribution is 7.84. The van der Waals surface area contributed by atoms with Gasteiger partial charge in [0.15, 0.2) is 6.10 Å². The van der Waals surface area contributed by atoms with Gasteiger partial charge in [0, 0.05) is 35.4 Å². The topological polar surface area (TPSA) is 105 Å². The molecule has 110 valence electrons. The average molecular weight is 292 g/mol. The number of carboxylic acid groups (broad SMARTS) is 1. The van der Waals surface area contributed by atoms with Gasteiger partial charge in [-0.2, -0.15) is 0 Å². The van der Waals surface area contributed by atoms with Gasteiger partial charge in [-0.25, -0.2) is 9.59 Å². The molecule has 8 heteroatoms. The van der Waals surface area contributed by atoms with Crippen molar-refractivity contribution < 1.29 is 23.6 Å². The molecule has 1 aliphatic rings. The molecule has 0 bridgehead atoms. The Morgan fingerprint density at radius 1 is 1.37 bits per heavy atom. The minimum absolute atomic E-state index is 0.253. The van der Waals surface area contributed by atoms with E-state index < -0.39 is 22.9 Å². The monoisotopic (exact) mass is 292 g/mol. The average Bonchev–Trinajstić information content (AvgIpc) is 2.85. The zero-order valence-corrected chi connectivity index (χ0v) is 11.7. The quantitative estimate of drug-likeness (QED) is 0.597. The lowest BCUT2D eigenvalue weighted by Gasteiger charge is -2.12. The largest absolute Gasteiger partial charge is 0.479 e. The normalized spacial score (nSPS) is 23.8. The van der Waals surface area contributed by atoms with E-state index in [1.54, 1.807) is 0 Å². The first-order valence-electron chi connectivity index (χ1n) is 6.27. The van der Waals surface area contributed by atoms with E-state index in [0.29, 0.717) is 30.9 Å². The van der Waals surface area contributed by atoms with Gasteiger partial charge in [-0.05, 0) is 12.8 Å². The second kappa shape index (κ2) is 8.11. The summed E-state index contributed by atoms with van der Waals surface area (Å²) in [6.07, 6.45) is 0.0778. The number of rotatable bonds is 7. The van der Waals surface area contributed by atoms with Crippen LogP contribution in [0.5, 0.6) is 0 Å². The molecule has 0 aromatic rings. The van der Waals surface area contributed by atoms with Gasteiger partial charge in [0.05, 0.1) is 6.10 Å². The number of carboxylic acids is 1. The molecule has 3 atom stereocenters. The number of carbonyl (C=O) groups excluding carboxylic acids is 1. The predicted octanol–water partition coefficient (Wildman–Crippen LogP) is -0.314. The molecular formula is C11H20N2O5S. The standard InChI is InChI=1S/C11H20N2O5S/c1-2-19(17)6-5-12-11(16)13-7-8-3-4-9(18-8)10(14)15/h8-9H,2-7H2,1H3,(H,14,15)(H2,12,13,16). The van der Waals surface area contributed by atoms with Gasteiger partial charge in [0.25, 0.3) is 0 Å². The van der Waals surface area contributed by atoms with Crippen LogP contribution in [0.3, 0.4) is 0 Å². The highest BCUT2D eigenvalue weighted by Gasteiger charge is 2.30. The van der Waals surface area contributed by atoms with Gasteiger partial charge >= 0.3 is 12.0 Å². The van der Waals surface area contributed by atoms with Gasteiger partial charge in [-0.3, -0.25) is 4.21 Å². The molecule has 3 unspecified atom stereocenters.